The van der Waals surface area contributed by atoms with Gasteiger partial charge in [0.15, 0.2) is 0 Å². The van der Waals surface area contributed by atoms with Crippen LogP contribution in [0.25, 0.3) is 0 Å². The SMILES string of the molecule is CCC(C)c1ccc(N2Cc3ccccc3N=C2c2ccc(OC)nc2)cc1. The fourth-order valence-corrected chi connectivity index (χ4v) is 3.46. The Kier molecular flexibility index (Phi) is 5.11. The van der Waals surface area contributed by atoms with Gasteiger partial charge in [-0.15, -0.1) is 0 Å². The number of ether oxygens (including phenoxy) is 1. The van der Waals surface area contributed by atoms with Crippen molar-refractivity contribution in [3.05, 3.63) is 83.6 Å². The van der Waals surface area contributed by atoms with Crippen molar-refractivity contribution in [2.24, 2.45) is 4.99 Å². The molecule has 4 rings (SSSR count). The molecular formula is C24H25N3O. The highest BCUT2D eigenvalue weighted by molar-refractivity contribution is 6.12. The molecule has 0 saturated heterocycles. The maximum atomic E-state index is 5.21. The topological polar surface area (TPSA) is 37.7 Å². The number of pyridine rings is 1. The van der Waals surface area contributed by atoms with Crippen LogP contribution in [0.5, 0.6) is 5.88 Å². The molecule has 0 fully saturated rings. The summed E-state index contributed by atoms with van der Waals surface area (Å²) in [6.07, 6.45) is 2.97. The normalized spacial score (nSPS) is 14.2. The predicted molar refractivity (Wildman–Crippen MR) is 115 cm³/mol. The lowest BCUT2D eigenvalue weighted by Crippen LogP contribution is -2.33. The zero-order valence-electron chi connectivity index (χ0n) is 16.6. The number of aromatic nitrogens is 1. The van der Waals surface area contributed by atoms with Crippen LogP contribution in [0.1, 0.15) is 42.9 Å². The first-order chi connectivity index (χ1) is 13.7. The number of rotatable bonds is 5. The van der Waals surface area contributed by atoms with Crippen molar-refractivity contribution in [1.29, 1.82) is 0 Å². The molecule has 4 nitrogen and oxygen atoms in total. The molecule has 3 aromatic rings. The zero-order valence-corrected chi connectivity index (χ0v) is 16.6. The Morgan fingerprint density at radius 1 is 1.04 bits per heavy atom. The first-order valence-corrected chi connectivity index (χ1v) is 9.74. The van der Waals surface area contributed by atoms with E-state index in [4.69, 9.17) is 9.73 Å². The lowest BCUT2D eigenvalue weighted by atomic mass is 9.98. The maximum Gasteiger partial charge on any atom is 0.212 e. The zero-order chi connectivity index (χ0) is 19.5. The van der Waals surface area contributed by atoms with Gasteiger partial charge in [0.1, 0.15) is 5.84 Å². The number of amidine groups is 1. The predicted octanol–water partition coefficient (Wildman–Crippen LogP) is 5.70. The Labute approximate surface area is 166 Å². The first-order valence-electron chi connectivity index (χ1n) is 9.74. The third-order valence-electron chi connectivity index (χ3n) is 5.39. The molecule has 1 aliphatic heterocycles. The van der Waals surface area contributed by atoms with Crippen LogP contribution in [0.4, 0.5) is 11.4 Å². The molecule has 0 saturated carbocycles. The maximum absolute atomic E-state index is 5.21. The van der Waals surface area contributed by atoms with Gasteiger partial charge in [0.2, 0.25) is 5.88 Å². The van der Waals surface area contributed by atoms with Gasteiger partial charge < -0.3 is 9.64 Å². The quantitative estimate of drug-likeness (QED) is 0.577. The molecule has 0 N–H and O–H groups in total. The van der Waals surface area contributed by atoms with Crippen LogP contribution in [-0.4, -0.2) is 17.9 Å². The average Bonchev–Trinajstić information content (AvgIpc) is 2.78. The van der Waals surface area contributed by atoms with Crippen molar-refractivity contribution < 1.29 is 4.74 Å². The Bertz CT molecular complexity index is 977. The molecule has 1 aromatic heterocycles. The summed E-state index contributed by atoms with van der Waals surface area (Å²) in [6.45, 7) is 5.27. The van der Waals surface area contributed by atoms with Gasteiger partial charge in [-0.2, -0.15) is 0 Å². The standard InChI is InChI=1S/C24H25N3O/c1-4-17(2)18-9-12-21(13-10-18)27-16-20-7-5-6-8-22(20)26-24(27)19-11-14-23(28-3)25-15-19/h5-15,17H,4,16H2,1-3H3. The summed E-state index contributed by atoms with van der Waals surface area (Å²) < 4.78 is 5.21. The third kappa shape index (κ3) is 3.50. The van der Waals surface area contributed by atoms with Crippen LogP contribution in [0.3, 0.4) is 0 Å². The summed E-state index contributed by atoms with van der Waals surface area (Å²) in [5.41, 5.74) is 5.71. The Morgan fingerprint density at radius 3 is 2.50 bits per heavy atom. The molecule has 2 heterocycles. The molecule has 0 aliphatic carbocycles. The Hall–Kier alpha value is -3.14. The van der Waals surface area contributed by atoms with Gasteiger partial charge in [0, 0.05) is 23.5 Å². The van der Waals surface area contributed by atoms with Crippen LogP contribution in [0.2, 0.25) is 0 Å². The number of para-hydroxylation sites is 1. The van der Waals surface area contributed by atoms with E-state index in [1.807, 2.05) is 24.4 Å². The van der Waals surface area contributed by atoms with Crippen LogP contribution in [-0.2, 0) is 6.54 Å². The van der Waals surface area contributed by atoms with Crippen LogP contribution >= 0.6 is 0 Å². The highest BCUT2D eigenvalue weighted by Gasteiger charge is 2.23. The second-order valence-corrected chi connectivity index (χ2v) is 7.14. The number of fused-ring (bicyclic) bond motifs is 1. The largest absolute Gasteiger partial charge is 0.481 e. The van der Waals surface area contributed by atoms with E-state index in [0.717, 1.165) is 35.7 Å². The van der Waals surface area contributed by atoms with Gasteiger partial charge in [0.25, 0.3) is 0 Å². The molecule has 0 amide bonds. The van der Waals surface area contributed by atoms with Gasteiger partial charge in [-0.1, -0.05) is 44.2 Å². The number of nitrogens with zero attached hydrogens (tertiary/aromatic N) is 3. The summed E-state index contributed by atoms with van der Waals surface area (Å²) in [4.78, 5) is 11.6. The molecule has 1 aliphatic rings. The van der Waals surface area contributed by atoms with Crippen LogP contribution in [0.15, 0.2) is 71.9 Å². The highest BCUT2D eigenvalue weighted by Crippen LogP contribution is 2.32. The van der Waals surface area contributed by atoms with Crippen molar-refractivity contribution in [3.8, 4) is 5.88 Å². The molecule has 0 bridgehead atoms. The van der Waals surface area contributed by atoms with E-state index in [0.29, 0.717) is 11.8 Å². The van der Waals surface area contributed by atoms with E-state index < -0.39 is 0 Å². The minimum absolute atomic E-state index is 0.565. The Balaban J connectivity index is 1.75. The average molecular weight is 371 g/mol. The van der Waals surface area contributed by atoms with E-state index in [1.54, 1.807) is 7.11 Å². The fourth-order valence-electron chi connectivity index (χ4n) is 3.46. The molecule has 2 aromatic carbocycles. The fraction of sp³-hybridized carbons (Fsp3) is 0.250. The van der Waals surface area contributed by atoms with Crippen molar-refractivity contribution in [2.75, 3.05) is 12.0 Å². The van der Waals surface area contributed by atoms with E-state index in [9.17, 15) is 0 Å². The number of methoxy groups -OCH3 is 1. The smallest absolute Gasteiger partial charge is 0.212 e. The summed E-state index contributed by atoms with van der Waals surface area (Å²) >= 11 is 0. The van der Waals surface area contributed by atoms with Gasteiger partial charge in [-0.25, -0.2) is 9.98 Å². The molecule has 1 atom stereocenters. The van der Waals surface area contributed by atoms with Gasteiger partial charge in [-0.3, -0.25) is 0 Å². The summed E-state index contributed by atoms with van der Waals surface area (Å²) in [7, 11) is 1.63. The second-order valence-electron chi connectivity index (χ2n) is 7.14. The van der Waals surface area contributed by atoms with Crippen molar-refractivity contribution in [3.63, 3.8) is 0 Å². The molecule has 28 heavy (non-hydrogen) atoms. The van der Waals surface area contributed by atoms with Crippen molar-refractivity contribution >= 4 is 17.2 Å². The van der Waals surface area contributed by atoms with E-state index in [2.05, 4.69) is 66.2 Å². The van der Waals surface area contributed by atoms with E-state index in [1.165, 1.54) is 11.1 Å². The van der Waals surface area contributed by atoms with Crippen LogP contribution < -0.4 is 9.64 Å². The molecule has 142 valence electrons. The van der Waals surface area contributed by atoms with E-state index >= 15 is 0 Å². The van der Waals surface area contributed by atoms with Crippen LogP contribution in [0, 0.1) is 0 Å². The molecular weight excluding hydrogens is 346 g/mol. The third-order valence-corrected chi connectivity index (χ3v) is 5.39. The minimum atomic E-state index is 0.565. The van der Waals surface area contributed by atoms with Gasteiger partial charge in [0.05, 0.1) is 19.3 Å². The lowest BCUT2D eigenvalue weighted by molar-refractivity contribution is 0.398. The molecule has 0 radical (unpaired) electrons. The van der Waals surface area contributed by atoms with Gasteiger partial charge in [-0.05, 0) is 47.7 Å². The number of benzene rings is 2. The lowest BCUT2D eigenvalue weighted by Gasteiger charge is -2.31. The molecule has 4 heteroatoms. The number of anilines is 1. The highest BCUT2D eigenvalue weighted by atomic mass is 16.5. The summed E-state index contributed by atoms with van der Waals surface area (Å²) in [5, 5.41) is 0. The Morgan fingerprint density at radius 2 is 1.82 bits per heavy atom. The molecule has 1 unspecified atom stereocenters. The number of aliphatic imine (C=N–C) groups is 1. The van der Waals surface area contributed by atoms with Gasteiger partial charge >= 0.3 is 0 Å². The minimum Gasteiger partial charge on any atom is -0.481 e. The number of hydrogen-bond donors (Lipinski definition) is 0. The summed E-state index contributed by atoms with van der Waals surface area (Å²) in [5.74, 6) is 2.07. The summed E-state index contributed by atoms with van der Waals surface area (Å²) in [6, 6.07) is 21.0. The number of hydrogen-bond acceptors (Lipinski definition) is 4. The van der Waals surface area contributed by atoms with Crippen molar-refractivity contribution in [1.82, 2.24) is 4.98 Å². The van der Waals surface area contributed by atoms with E-state index in [-0.39, 0.29) is 0 Å². The second kappa shape index (κ2) is 7.85. The first kappa shape index (κ1) is 18.2. The molecule has 0 spiro atoms. The monoisotopic (exact) mass is 371 g/mol. The van der Waals surface area contributed by atoms with Crippen molar-refractivity contribution in [2.45, 2.75) is 32.7 Å².